The number of rotatable bonds is 3. The van der Waals surface area contributed by atoms with E-state index in [9.17, 15) is 4.79 Å². The first-order valence-corrected chi connectivity index (χ1v) is 7.06. The number of nitrogens with zero attached hydrogens (tertiary/aromatic N) is 2. The Morgan fingerprint density at radius 2 is 2.10 bits per heavy atom. The van der Waals surface area contributed by atoms with Crippen LogP contribution in [-0.4, -0.2) is 48.6 Å². The number of aliphatic imine (C=N–C) groups is 1. The number of amides is 1. The third kappa shape index (κ3) is 4.76. The van der Waals surface area contributed by atoms with Crippen molar-refractivity contribution in [2.45, 2.75) is 44.8 Å². The van der Waals surface area contributed by atoms with E-state index in [1.165, 1.54) is 12.8 Å². The number of carbonyl (C=O) groups excluding carboxylic acids is 1. The molecule has 0 bridgehead atoms. The van der Waals surface area contributed by atoms with Gasteiger partial charge in [-0.15, -0.1) is 24.0 Å². The number of hydrogen-bond donors (Lipinski definition) is 2. The maximum atomic E-state index is 11.0. The van der Waals surface area contributed by atoms with Gasteiger partial charge in [0.2, 0.25) is 5.91 Å². The Morgan fingerprint density at radius 3 is 2.70 bits per heavy atom. The Morgan fingerprint density at radius 1 is 1.35 bits per heavy atom. The van der Waals surface area contributed by atoms with Crippen molar-refractivity contribution in [2.75, 3.05) is 19.6 Å². The monoisotopic (exact) mass is 396 g/mol. The summed E-state index contributed by atoms with van der Waals surface area (Å²) < 4.78 is 5.53. The molecule has 6 nitrogen and oxygen atoms in total. The summed E-state index contributed by atoms with van der Waals surface area (Å²) >= 11 is 0. The van der Waals surface area contributed by atoms with E-state index in [0.29, 0.717) is 24.8 Å². The lowest BCUT2D eigenvalue weighted by atomic mass is 10.0. The number of primary amides is 1. The van der Waals surface area contributed by atoms with Gasteiger partial charge in [0.1, 0.15) is 6.10 Å². The summed E-state index contributed by atoms with van der Waals surface area (Å²) in [5.74, 6) is 0.881. The molecule has 116 valence electrons. The van der Waals surface area contributed by atoms with Crippen LogP contribution in [0.15, 0.2) is 4.99 Å². The minimum Gasteiger partial charge on any atom is -0.370 e. The van der Waals surface area contributed by atoms with Crippen molar-refractivity contribution in [1.82, 2.24) is 4.90 Å². The van der Waals surface area contributed by atoms with Crippen molar-refractivity contribution in [3.8, 4) is 0 Å². The number of piperidine rings is 1. The van der Waals surface area contributed by atoms with Crippen LogP contribution in [0.3, 0.4) is 0 Å². The van der Waals surface area contributed by atoms with Gasteiger partial charge in [0.25, 0.3) is 0 Å². The fourth-order valence-electron chi connectivity index (χ4n) is 2.74. The molecule has 3 unspecified atom stereocenters. The maximum absolute atomic E-state index is 11.0. The Hall–Kier alpha value is -0.570. The average molecular weight is 396 g/mol. The predicted molar refractivity (Wildman–Crippen MR) is 89.0 cm³/mol. The molecule has 0 aromatic carbocycles. The molecule has 0 spiro atoms. The Kier molecular flexibility index (Phi) is 7.01. The molecule has 7 heteroatoms. The molecule has 2 rings (SSSR count). The molecule has 3 atom stereocenters. The summed E-state index contributed by atoms with van der Waals surface area (Å²) in [4.78, 5) is 17.5. The molecule has 2 fully saturated rings. The molecule has 0 saturated carbocycles. The van der Waals surface area contributed by atoms with Crippen LogP contribution in [0, 0.1) is 5.92 Å². The molecule has 0 radical (unpaired) electrons. The highest BCUT2D eigenvalue weighted by Gasteiger charge is 2.29. The summed E-state index contributed by atoms with van der Waals surface area (Å²) in [6.07, 6.45) is 3.46. The van der Waals surface area contributed by atoms with E-state index in [0.717, 1.165) is 19.5 Å². The zero-order valence-corrected chi connectivity index (χ0v) is 14.3. The number of hydrogen-bond acceptors (Lipinski definition) is 3. The summed E-state index contributed by atoms with van der Waals surface area (Å²) in [7, 11) is 0. The fourth-order valence-corrected chi connectivity index (χ4v) is 2.74. The number of ether oxygens (including phenoxy) is 1. The lowest BCUT2D eigenvalue weighted by molar-refractivity contribution is -0.128. The highest BCUT2D eigenvalue weighted by atomic mass is 127. The van der Waals surface area contributed by atoms with E-state index in [-0.39, 0.29) is 36.0 Å². The van der Waals surface area contributed by atoms with Gasteiger partial charge in [-0.1, -0.05) is 6.92 Å². The van der Waals surface area contributed by atoms with Gasteiger partial charge in [0, 0.05) is 13.1 Å². The zero-order chi connectivity index (χ0) is 13.8. The Labute approximate surface area is 137 Å². The van der Waals surface area contributed by atoms with E-state index in [1.54, 1.807) is 0 Å². The second-order valence-corrected chi connectivity index (χ2v) is 5.62. The molecule has 20 heavy (non-hydrogen) atoms. The first kappa shape index (κ1) is 17.5. The van der Waals surface area contributed by atoms with Crippen LogP contribution >= 0.6 is 24.0 Å². The van der Waals surface area contributed by atoms with Crippen LogP contribution in [0.1, 0.15) is 32.6 Å². The molecular formula is C13H25IN4O2. The van der Waals surface area contributed by atoms with Crippen molar-refractivity contribution in [1.29, 1.82) is 0 Å². The molecule has 2 heterocycles. The van der Waals surface area contributed by atoms with E-state index in [4.69, 9.17) is 16.2 Å². The van der Waals surface area contributed by atoms with Crippen molar-refractivity contribution in [3.63, 3.8) is 0 Å². The normalized spacial score (nSPS) is 30.9. The SMILES string of the molecule is CC1CCCN(C(N)=NCC2CCC(C(N)=O)O2)C1.I. The third-order valence-electron chi connectivity index (χ3n) is 3.86. The van der Waals surface area contributed by atoms with Crippen molar-refractivity contribution >= 4 is 35.8 Å². The number of carbonyl (C=O) groups is 1. The second kappa shape index (κ2) is 8.02. The van der Waals surface area contributed by atoms with Crippen LogP contribution < -0.4 is 11.5 Å². The van der Waals surface area contributed by atoms with Gasteiger partial charge in [-0.3, -0.25) is 9.79 Å². The first-order valence-electron chi connectivity index (χ1n) is 7.06. The molecular weight excluding hydrogens is 371 g/mol. The molecule has 2 saturated heterocycles. The van der Waals surface area contributed by atoms with Gasteiger partial charge < -0.3 is 21.1 Å². The highest BCUT2D eigenvalue weighted by molar-refractivity contribution is 14.0. The predicted octanol–water partition coefficient (Wildman–Crippen LogP) is 0.684. The van der Waals surface area contributed by atoms with Crippen molar-refractivity contribution in [2.24, 2.45) is 22.4 Å². The minimum absolute atomic E-state index is 0. The molecule has 2 aliphatic rings. The van der Waals surface area contributed by atoms with Gasteiger partial charge in [-0.2, -0.15) is 0 Å². The first-order chi connectivity index (χ1) is 9.06. The number of guanidine groups is 1. The summed E-state index contributed by atoms with van der Waals surface area (Å²) in [6.45, 7) is 4.71. The van der Waals surface area contributed by atoms with Gasteiger partial charge in [-0.25, -0.2) is 0 Å². The summed E-state index contributed by atoms with van der Waals surface area (Å²) in [6, 6.07) is 0. The largest absolute Gasteiger partial charge is 0.370 e. The average Bonchev–Trinajstić information content (AvgIpc) is 2.85. The van der Waals surface area contributed by atoms with Gasteiger partial charge in [0.05, 0.1) is 12.6 Å². The second-order valence-electron chi connectivity index (χ2n) is 5.62. The highest BCUT2D eigenvalue weighted by Crippen LogP contribution is 2.20. The van der Waals surface area contributed by atoms with E-state index in [1.807, 2.05) is 0 Å². The molecule has 4 N–H and O–H groups in total. The van der Waals surface area contributed by atoms with Crippen LogP contribution in [-0.2, 0) is 9.53 Å². The standard InChI is InChI=1S/C13H24N4O2.HI/c1-9-3-2-6-17(8-9)13(15)16-7-10-4-5-11(19-10)12(14)18;/h9-11H,2-8H2,1H3,(H2,14,18)(H2,15,16);1H. The van der Waals surface area contributed by atoms with Crippen molar-refractivity contribution in [3.05, 3.63) is 0 Å². The lowest BCUT2D eigenvalue weighted by Gasteiger charge is -2.31. The smallest absolute Gasteiger partial charge is 0.246 e. The Balaban J connectivity index is 0.00000200. The van der Waals surface area contributed by atoms with Crippen LogP contribution in [0.4, 0.5) is 0 Å². The van der Waals surface area contributed by atoms with Crippen LogP contribution in [0.2, 0.25) is 0 Å². The van der Waals surface area contributed by atoms with Crippen LogP contribution in [0.25, 0.3) is 0 Å². The van der Waals surface area contributed by atoms with E-state index < -0.39 is 6.10 Å². The third-order valence-corrected chi connectivity index (χ3v) is 3.86. The topological polar surface area (TPSA) is 93.9 Å². The number of likely N-dealkylation sites (tertiary alicyclic amines) is 1. The van der Waals surface area contributed by atoms with E-state index in [2.05, 4.69) is 16.8 Å². The molecule has 1 amide bonds. The number of nitrogens with two attached hydrogens (primary N) is 2. The minimum atomic E-state index is -0.448. The molecule has 0 aromatic rings. The van der Waals surface area contributed by atoms with Crippen molar-refractivity contribution < 1.29 is 9.53 Å². The van der Waals surface area contributed by atoms with Gasteiger partial charge >= 0.3 is 0 Å². The summed E-state index contributed by atoms with van der Waals surface area (Å²) in [5, 5.41) is 0. The Bertz CT molecular complexity index is 364. The van der Waals surface area contributed by atoms with Gasteiger partial charge in [-0.05, 0) is 31.6 Å². The molecule has 0 aliphatic carbocycles. The molecule has 2 aliphatic heterocycles. The number of halogens is 1. The lowest BCUT2D eigenvalue weighted by Crippen LogP contribution is -2.43. The summed E-state index contributed by atoms with van der Waals surface area (Å²) in [5.41, 5.74) is 11.2. The molecule has 0 aromatic heterocycles. The van der Waals surface area contributed by atoms with E-state index >= 15 is 0 Å². The van der Waals surface area contributed by atoms with Gasteiger partial charge in [0.15, 0.2) is 5.96 Å². The zero-order valence-electron chi connectivity index (χ0n) is 12.0. The van der Waals surface area contributed by atoms with Crippen LogP contribution in [0.5, 0.6) is 0 Å². The quantitative estimate of drug-likeness (QED) is 0.417. The maximum Gasteiger partial charge on any atom is 0.246 e. The fraction of sp³-hybridized carbons (Fsp3) is 0.846.